The molecule has 17 heavy (non-hydrogen) atoms. The lowest BCUT2D eigenvalue weighted by Gasteiger charge is -2.35. The second-order valence-electron chi connectivity index (χ2n) is 4.17. The summed E-state index contributed by atoms with van der Waals surface area (Å²) in [5, 5.41) is 5.33. The molecule has 1 atom stereocenters. The molecule has 2 rings (SSSR count). The highest BCUT2D eigenvalue weighted by Gasteiger charge is 2.37. The van der Waals surface area contributed by atoms with Crippen LogP contribution in [-0.2, 0) is 4.79 Å². The molecule has 0 aromatic heterocycles. The van der Waals surface area contributed by atoms with Crippen LogP contribution < -0.4 is 10.6 Å². The molecule has 1 aliphatic heterocycles. The Bertz CT molecular complexity index is 507. The predicted octanol–water partition coefficient (Wildman–Crippen LogP) is 3.26. The molecule has 0 aliphatic carbocycles. The number of rotatable bonds is 1. The van der Waals surface area contributed by atoms with Gasteiger partial charge in [0.2, 0.25) is 5.91 Å². The van der Waals surface area contributed by atoms with Gasteiger partial charge in [-0.25, -0.2) is 8.78 Å². The van der Waals surface area contributed by atoms with E-state index in [4.69, 9.17) is 0 Å². The van der Waals surface area contributed by atoms with Gasteiger partial charge in [-0.1, -0.05) is 6.92 Å². The van der Waals surface area contributed by atoms with E-state index in [1.54, 1.807) is 6.92 Å². The number of benzene rings is 1. The van der Waals surface area contributed by atoms with E-state index in [1.165, 1.54) is 0 Å². The molecule has 3 nitrogen and oxygen atoms in total. The molecule has 1 aliphatic rings. The Kier molecular flexibility index (Phi) is 2.85. The first-order chi connectivity index (χ1) is 7.89. The third kappa shape index (κ3) is 1.80. The summed E-state index contributed by atoms with van der Waals surface area (Å²) in [5.41, 5.74) is -0.610. The smallest absolute Gasteiger partial charge is 0.249 e. The summed E-state index contributed by atoms with van der Waals surface area (Å²) in [7, 11) is 0. The molecule has 2 N–H and O–H groups in total. The number of nitrogens with one attached hydrogen (secondary N) is 2. The Morgan fingerprint density at radius 2 is 2.12 bits per heavy atom. The molecule has 0 saturated heterocycles. The summed E-state index contributed by atoms with van der Waals surface area (Å²) in [5.74, 6) is -1.84. The SMILES string of the molecule is CCC1(C)Nc2cc(F)c(Br)c(F)c2NC1=O. The number of fused-ring (bicyclic) bond motifs is 1. The van der Waals surface area contributed by atoms with Crippen LogP contribution in [0.1, 0.15) is 20.3 Å². The van der Waals surface area contributed by atoms with Gasteiger partial charge in [0.1, 0.15) is 17.0 Å². The van der Waals surface area contributed by atoms with Crippen LogP contribution in [0.4, 0.5) is 20.2 Å². The Labute approximate surface area is 106 Å². The summed E-state index contributed by atoms with van der Waals surface area (Å²) >= 11 is 2.79. The van der Waals surface area contributed by atoms with Crippen molar-refractivity contribution >= 4 is 33.2 Å². The zero-order valence-corrected chi connectivity index (χ0v) is 10.9. The fourth-order valence-electron chi connectivity index (χ4n) is 1.67. The van der Waals surface area contributed by atoms with Crippen molar-refractivity contribution in [3.63, 3.8) is 0 Å². The van der Waals surface area contributed by atoms with Crippen molar-refractivity contribution in [1.82, 2.24) is 0 Å². The Morgan fingerprint density at radius 1 is 1.47 bits per heavy atom. The summed E-state index contributed by atoms with van der Waals surface area (Å²) in [6.07, 6.45) is 0.511. The zero-order valence-electron chi connectivity index (χ0n) is 9.33. The van der Waals surface area contributed by atoms with Crippen LogP contribution in [0.5, 0.6) is 0 Å². The number of anilines is 2. The molecule has 6 heteroatoms. The highest BCUT2D eigenvalue weighted by molar-refractivity contribution is 9.10. The van der Waals surface area contributed by atoms with E-state index in [9.17, 15) is 13.6 Å². The largest absolute Gasteiger partial charge is 0.370 e. The summed E-state index contributed by atoms with van der Waals surface area (Å²) < 4.78 is 26.8. The lowest BCUT2D eigenvalue weighted by molar-refractivity contribution is -0.120. The van der Waals surface area contributed by atoms with Gasteiger partial charge in [-0.3, -0.25) is 4.79 Å². The first-order valence-electron chi connectivity index (χ1n) is 5.16. The fourth-order valence-corrected chi connectivity index (χ4v) is 1.98. The van der Waals surface area contributed by atoms with E-state index in [1.807, 2.05) is 6.92 Å². The van der Waals surface area contributed by atoms with Crippen molar-refractivity contribution in [2.24, 2.45) is 0 Å². The molecule has 1 amide bonds. The zero-order chi connectivity index (χ0) is 12.8. The summed E-state index contributed by atoms with van der Waals surface area (Å²) in [6.45, 7) is 3.51. The predicted molar refractivity (Wildman–Crippen MR) is 65.0 cm³/mol. The molecule has 1 heterocycles. The number of carbonyl (C=O) groups excluding carboxylic acids is 1. The number of halogens is 3. The second-order valence-corrected chi connectivity index (χ2v) is 4.97. The maximum atomic E-state index is 13.7. The molecular formula is C11H11BrF2N2O. The van der Waals surface area contributed by atoms with Crippen LogP contribution in [0.15, 0.2) is 10.5 Å². The van der Waals surface area contributed by atoms with Gasteiger partial charge in [0.15, 0.2) is 5.82 Å². The van der Waals surface area contributed by atoms with E-state index >= 15 is 0 Å². The average molecular weight is 305 g/mol. The lowest BCUT2D eigenvalue weighted by Crippen LogP contribution is -2.49. The molecule has 0 radical (unpaired) electrons. The van der Waals surface area contributed by atoms with Gasteiger partial charge in [0.25, 0.3) is 0 Å². The van der Waals surface area contributed by atoms with Gasteiger partial charge in [0.05, 0.1) is 10.2 Å². The van der Waals surface area contributed by atoms with Gasteiger partial charge in [-0.2, -0.15) is 0 Å². The third-order valence-corrected chi connectivity index (χ3v) is 3.75. The minimum absolute atomic E-state index is 0.0193. The van der Waals surface area contributed by atoms with Gasteiger partial charge >= 0.3 is 0 Å². The minimum atomic E-state index is -0.848. The van der Waals surface area contributed by atoms with Crippen molar-refractivity contribution in [2.45, 2.75) is 25.8 Å². The van der Waals surface area contributed by atoms with E-state index < -0.39 is 17.2 Å². The molecule has 1 unspecified atom stereocenters. The van der Waals surface area contributed by atoms with Crippen LogP contribution in [-0.4, -0.2) is 11.4 Å². The third-order valence-electron chi connectivity index (χ3n) is 3.02. The molecule has 0 saturated carbocycles. The van der Waals surface area contributed by atoms with E-state index in [0.717, 1.165) is 6.07 Å². The van der Waals surface area contributed by atoms with Crippen molar-refractivity contribution in [2.75, 3.05) is 10.6 Å². The topological polar surface area (TPSA) is 41.1 Å². The highest BCUT2D eigenvalue weighted by atomic mass is 79.9. The van der Waals surface area contributed by atoms with Crippen LogP contribution in [0.25, 0.3) is 0 Å². The normalized spacial score (nSPS) is 22.8. The average Bonchev–Trinajstić information content (AvgIpc) is 2.30. The van der Waals surface area contributed by atoms with Gasteiger partial charge in [-0.05, 0) is 29.3 Å². The molecule has 0 spiro atoms. The maximum Gasteiger partial charge on any atom is 0.249 e. The Morgan fingerprint density at radius 3 is 2.71 bits per heavy atom. The maximum absolute atomic E-state index is 13.7. The van der Waals surface area contributed by atoms with E-state index in [2.05, 4.69) is 26.6 Å². The highest BCUT2D eigenvalue weighted by Crippen LogP contribution is 2.38. The number of carbonyl (C=O) groups is 1. The van der Waals surface area contributed by atoms with E-state index in [0.29, 0.717) is 6.42 Å². The number of hydrogen-bond acceptors (Lipinski definition) is 2. The molecule has 1 aromatic rings. The second kappa shape index (κ2) is 3.94. The molecule has 0 bridgehead atoms. The fraction of sp³-hybridized carbons (Fsp3) is 0.364. The van der Waals surface area contributed by atoms with Gasteiger partial charge in [0, 0.05) is 6.07 Å². The first kappa shape index (κ1) is 12.3. The summed E-state index contributed by atoms with van der Waals surface area (Å²) in [6, 6.07) is 1.16. The van der Waals surface area contributed by atoms with Crippen molar-refractivity contribution in [1.29, 1.82) is 0 Å². The standard InChI is InChI=1S/C11H11BrF2N2O/c1-3-11(2)10(17)15-9-6(16-11)4-5(13)7(12)8(9)14/h4,16H,3H2,1-2H3,(H,15,17). The molecule has 92 valence electrons. The quantitative estimate of drug-likeness (QED) is 0.782. The number of hydrogen-bond donors (Lipinski definition) is 2. The van der Waals surface area contributed by atoms with Gasteiger partial charge in [-0.15, -0.1) is 0 Å². The van der Waals surface area contributed by atoms with Crippen molar-refractivity contribution in [3.8, 4) is 0 Å². The lowest BCUT2D eigenvalue weighted by atomic mass is 9.94. The molecule has 0 fully saturated rings. The molecule has 1 aromatic carbocycles. The van der Waals surface area contributed by atoms with Crippen molar-refractivity contribution in [3.05, 3.63) is 22.2 Å². The van der Waals surface area contributed by atoms with Crippen LogP contribution in [0, 0.1) is 11.6 Å². The monoisotopic (exact) mass is 304 g/mol. The van der Waals surface area contributed by atoms with Crippen LogP contribution >= 0.6 is 15.9 Å². The Balaban J connectivity index is 2.57. The number of amides is 1. The van der Waals surface area contributed by atoms with Crippen LogP contribution in [0.3, 0.4) is 0 Å². The van der Waals surface area contributed by atoms with Crippen LogP contribution in [0.2, 0.25) is 0 Å². The van der Waals surface area contributed by atoms with Gasteiger partial charge < -0.3 is 10.6 Å². The van der Waals surface area contributed by atoms with E-state index in [-0.39, 0.29) is 21.8 Å². The first-order valence-corrected chi connectivity index (χ1v) is 5.95. The summed E-state index contributed by atoms with van der Waals surface area (Å²) in [4.78, 5) is 11.8. The van der Waals surface area contributed by atoms with Crippen molar-refractivity contribution < 1.29 is 13.6 Å². The minimum Gasteiger partial charge on any atom is -0.370 e. The Hall–Kier alpha value is -1.17. The molecular weight excluding hydrogens is 294 g/mol.